The second-order valence-electron chi connectivity index (χ2n) is 8.40. The zero-order valence-electron chi connectivity index (χ0n) is 16.5. The molecule has 3 heterocycles. The predicted octanol–water partition coefficient (Wildman–Crippen LogP) is 2.57. The van der Waals surface area contributed by atoms with Gasteiger partial charge < -0.3 is 19.3 Å². The predicted molar refractivity (Wildman–Crippen MR) is 106 cm³/mol. The van der Waals surface area contributed by atoms with Gasteiger partial charge in [0, 0.05) is 12.2 Å². The van der Waals surface area contributed by atoms with Gasteiger partial charge in [0.1, 0.15) is 12.2 Å². The summed E-state index contributed by atoms with van der Waals surface area (Å²) in [4.78, 5) is 9.07. The van der Waals surface area contributed by atoms with Crippen molar-refractivity contribution in [2.75, 3.05) is 5.75 Å². The van der Waals surface area contributed by atoms with Gasteiger partial charge in [0.05, 0.1) is 12.1 Å². The molecule has 2 saturated carbocycles. The Labute approximate surface area is 177 Å². The summed E-state index contributed by atoms with van der Waals surface area (Å²) in [5.74, 6) is 0.997. The fourth-order valence-electron chi connectivity index (χ4n) is 4.08. The van der Waals surface area contributed by atoms with Crippen molar-refractivity contribution in [1.29, 1.82) is 0 Å². The molecule has 1 saturated heterocycles. The number of hydrogen-bond donors (Lipinski definition) is 1. The number of aliphatic hydroxyl groups excluding tert-OH is 1. The average molecular weight is 442 g/mol. The Hall–Kier alpha value is -1.04. The lowest BCUT2D eigenvalue weighted by Gasteiger charge is -2.24. The van der Waals surface area contributed by atoms with Crippen LogP contribution in [0.25, 0.3) is 11.2 Å². The van der Waals surface area contributed by atoms with E-state index in [1.165, 1.54) is 12.8 Å². The second-order valence-corrected chi connectivity index (χ2v) is 9.74. The van der Waals surface area contributed by atoms with E-state index in [2.05, 4.69) is 15.3 Å². The maximum Gasteiger partial charge on any atom is 0.191 e. The Morgan fingerprint density at radius 2 is 2.07 bits per heavy atom. The summed E-state index contributed by atoms with van der Waals surface area (Å²) in [6, 6.07) is -0.206. The van der Waals surface area contributed by atoms with Gasteiger partial charge in [-0.1, -0.05) is 28.6 Å². The normalized spacial score (nSPS) is 32.0. The molecular weight excluding hydrogens is 418 g/mol. The molecule has 1 unspecified atom stereocenters. The van der Waals surface area contributed by atoms with Crippen LogP contribution in [-0.2, 0) is 14.2 Å². The van der Waals surface area contributed by atoms with Crippen molar-refractivity contribution in [1.82, 2.24) is 25.0 Å². The van der Waals surface area contributed by atoms with Gasteiger partial charge in [0.25, 0.3) is 0 Å². The molecule has 2 aromatic heterocycles. The second kappa shape index (κ2) is 7.28. The molecule has 158 valence electrons. The fourth-order valence-corrected chi connectivity index (χ4v) is 5.35. The van der Waals surface area contributed by atoms with Crippen LogP contribution in [0, 0.1) is 5.92 Å². The number of aromatic nitrogens is 5. The number of halogens is 1. The van der Waals surface area contributed by atoms with Gasteiger partial charge in [0.2, 0.25) is 0 Å². The Morgan fingerprint density at radius 3 is 2.79 bits per heavy atom. The van der Waals surface area contributed by atoms with Crippen molar-refractivity contribution in [2.45, 2.75) is 81.6 Å². The lowest BCUT2D eigenvalue weighted by molar-refractivity contribution is -0.193. The third kappa shape index (κ3) is 3.86. The average Bonchev–Trinajstić information content (AvgIpc) is 3.18. The van der Waals surface area contributed by atoms with E-state index in [1.54, 1.807) is 23.4 Å². The van der Waals surface area contributed by atoms with Gasteiger partial charge in [-0.15, -0.1) is 5.10 Å². The van der Waals surface area contributed by atoms with Gasteiger partial charge >= 0.3 is 0 Å². The molecule has 0 bridgehead atoms. The topological polar surface area (TPSA) is 104 Å². The monoisotopic (exact) mass is 441 g/mol. The summed E-state index contributed by atoms with van der Waals surface area (Å²) < 4.78 is 19.7. The highest BCUT2D eigenvalue weighted by atomic mass is 35.5. The molecule has 1 aliphatic heterocycles. The van der Waals surface area contributed by atoms with E-state index in [1.807, 2.05) is 13.8 Å². The van der Waals surface area contributed by atoms with Crippen LogP contribution in [0.15, 0.2) is 5.16 Å². The van der Waals surface area contributed by atoms with Crippen molar-refractivity contribution in [3.63, 3.8) is 0 Å². The van der Waals surface area contributed by atoms with E-state index in [9.17, 15) is 5.11 Å². The summed E-state index contributed by atoms with van der Waals surface area (Å²) in [7, 11) is 0. The summed E-state index contributed by atoms with van der Waals surface area (Å²) in [5, 5.41) is 19.2. The number of nitrogens with zero attached hydrogens (tertiary/aromatic N) is 5. The molecule has 5 atom stereocenters. The van der Waals surface area contributed by atoms with E-state index in [-0.39, 0.29) is 24.4 Å². The van der Waals surface area contributed by atoms with Crippen LogP contribution in [0.4, 0.5) is 0 Å². The van der Waals surface area contributed by atoms with E-state index in [0.717, 1.165) is 11.7 Å². The Bertz CT molecular complexity index is 921. The van der Waals surface area contributed by atoms with Crippen molar-refractivity contribution in [2.24, 2.45) is 5.92 Å². The molecule has 3 aliphatic rings. The minimum absolute atomic E-state index is 0.206. The number of hydrogen-bond acceptors (Lipinski definition) is 9. The molecule has 1 N–H and O–H groups in total. The molecule has 2 aliphatic carbocycles. The number of rotatable bonds is 6. The SMILES string of the molecule is CC(O)O[C@H]1C[C@@H](n2nnc3c(Cl)nc(SCC4CC4)nc32)[C@@H]2OC(C)(C)O[C@@H]21. The number of thioether (sulfide) groups is 1. The van der Waals surface area contributed by atoms with E-state index in [0.29, 0.717) is 27.9 Å². The molecule has 11 heteroatoms. The quantitative estimate of drug-likeness (QED) is 0.313. The first kappa shape index (κ1) is 19.9. The molecule has 3 fully saturated rings. The van der Waals surface area contributed by atoms with Crippen molar-refractivity contribution in [3.05, 3.63) is 5.15 Å². The van der Waals surface area contributed by atoms with Crippen molar-refractivity contribution >= 4 is 34.5 Å². The molecule has 9 nitrogen and oxygen atoms in total. The van der Waals surface area contributed by atoms with Crippen LogP contribution in [0.3, 0.4) is 0 Å². The van der Waals surface area contributed by atoms with Crippen LogP contribution in [-0.4, -0.2) is 66.2 Å². The van der Waals surface area contributed by atoms with E-state index in [4.69, 9.17) is 30.8 Å². The molecule has 0 spiro atoms. The standard InChI is InChI=1S/C18H24ClN5O4S/c1-8(25)26-11-6-10(13-14(11)28-18(2,3)27-13)24-16-12(22-23-24)15(19)20-17(21-16)29-7-9-4-5-9/h8-11,13-14,25H,4-7H2,1-3H3/t8?,10-,11+,13+,14-/m1/s1. The molecule has 29 heavy (non-hydrogen) atoms. The largest absolute Gasteiger partial charge is 0.368 e. The third-order valence-corrected chi connectivity index (χ3v) is 6.82. The maximum atomic E-state index is 9.74. The number of ether oxygens (including phenoxy) is 3. The van der Waals surface area contributed by atoms with Crippen molar-refractivity contribution < 1.29 is 19.3 Å². The Kier molecular flexibility index (Phi) is 4.99. The Balaban J connectivity index is 1.48. The molecule has 0 amide bonds. The first-order valence-electron chi connectivity index (χ1n) is 9.91. The molecule has 0 radical (unpaired) electrons. The summed E-state index contributed by atoms with van der Waals surface area (Å²) >= 11 is 7.99. The smallest absolute Gasteiger partial charge is 0.191 e. The molecule has 0 aromatic carbocycles. The number of aliphatic hydroxyl groups is 1. The maximum absolute atomic E-state index is 9.74. The molecular formula is C18H24ClN5O4S. The van der Waals surface area contributed by atoms with Crippen LogP contribution < -0.4 is 0 Å². The van der Waals surface area contributed by atoms with Crippen LogP contribution in [0.1, 0.15) is 46.1 Å². The highest BCUT2D eigenvalue weighted by Crippen LogP contribution is 2.46. The lowest BCUT2D eigenvalue weighted by atomic mass is 10.2. The lowest BCUT2D eigenvalue weighted by Crippen LogP contribution is -2.33. The van der Waals surface area contributed by atoms with Gasteiger partial charge in [-0.25, -0.2) is 14.6 Å². The summed E-state index contributed by atoms with van der Waals surface area (Å²) in [6.45, 7) is 5.32. The van der Waals surface area contributed by atoms with Crippen LogP contribution >= 0.6 is 23.4 Å². The van der Waals surface area contributed by atoms with Gasteiger partial charge in [-0.05, 0) is 39.5 Å². The van der Waals surface area contributed by atoms with Crippen molar-refractivity contribution in [3.8, 4) is 0 Å². The van der Waals surface area contributed by atoms with Crippen LogP contribution in [0.5, 0.6) is 0 Å². The summed E-state index contributed by atoms with van der Waals surface area (Å²) in [6.07, 6.45) is 1.26. The van der Waals surface area contributed by atoms with Gasteiger partial charge in [-0.3, -0.25) is 0 Å². The fraction of sp³-hybridized carbons (Fsp3) is 0.778. The molecule has 2 aromatic rings. The van der Waals surface area contributed by atoms with Crippen LogP contribution in [0.2, 0.25) is 5.15 Å². The van der Waals surface area contributed by atoms with E-state index >= 15 is 0 Å². The minimum Gasteiger partial charge on any atom is -0.368 e. The zero-order valence-corrected chi connectivity index (χ0v) is 18.1. The van der Waals surface area contributed by atoms with Gasteiger partial charge in [-0.2, -0.15) is 0 Å². The minimum atomic E-state index is -0.901. The first-order chi connectivity index (χ1) is 13.8. The number of fused-ring (bicyclic) bond motifs is 2. The third-order valence-electron chi connectivity index (χ3n) is 5.47. The molecule has 5 rings (SSSR count). The highest BCUT2D eigenvalue weighted by molar-refractivity contribution is 7.99. The van der Waals surface area contributed by atoms with E-state index < -0.39 is 12.1 Å². The van der Waals surface area contributed by atoms with Gasteiger partial charge in [0.15, 0.2) is 33.6 Å². The first-order valence-corrected chi connectivity index (χ1v) is 11.3. The summed E-state index contributed by atoms with van der Waals surface area (Å²) in [5.41, 5.74) is 1.05. The Morgan fingerprint density at radius 1 is 1.31 bits per heavy atom. The zero-order chi connectivity index (χ0) is 20.3. The highest BCUT2D eigenvalue weighted by Gasteiger charge is 2.56.